The average Bonchev–Trinajstić information content (AvgIpc) is 2.43. The second-order valence-corrected chi connectivity index (χ2v) is 5.61. The van der Waals surface area contributed by atoms with Crippen molar-refractivity contribution in [3.05, 3.63) is 28.2 Å². The van der Waals surface area contributed by atoms with Crippen LogP contribution in [0.3, 0.4) is 0 Å². The van der Waals surface area contributed by atoms with Crippen molar-refractivity contribution in [1.82, 2.24) is 10.2 Å². The summed E-state index contributed by atoms with van der Waals surface area (Å²) in [6.45, 7) is 2.94. The minimum Gasteiger partial charge on any atom is -0.507 e. The van der Waals surface area contributed by atoms with Gasteiger partial charge in [0, 0.05) is 18.7 Å². The fourth-order valence-electron chi connectivity index (χ4n) is 2.33. The maximum absolute atomic E-state index is 12.5. The van der Waals surface area contributed by atoms with Gasteiger partial charge in [-0.1, -0.05) is 13.3 Å². The van der Waals surface area contributed by atoms with E-state index in [4.69, 9.17) is 0 Å². The van der Waals surface area contributed by atoms with Crippen molar-refractivity contribution in [2.24, 2.45) is 0 Å². The maximum Gasteiger partial charge on any atom is 0.254 e. The molecule has 108 valence electrons. The number of amides is 2. The molecule has 2 N–H and O–H groups in total. The van der Waals surface area contributed by atoms with E-state index in [1.807, 2.05) is 6.92 Å². The van der Waals surface area contributed by atoms with E-state index in [0.29, 0.717) is 29.5 Å². The number of benzene rings is 1. The van der Waals surface area contributed by atoms with Crippen LogP contribution < -0.4 is 5.32 Å². The van der Waals surface area contributed by atoms with Crippen LogP contribution in [-0.2, 0) is 4.79 Å². The van der Waals surface area contributed by atoms with Crippen LogP contribution in [0.15, 0.2) is 22.7 Å². The Labute approximate surface area is 126 Å². The van der Waals surface area contributed by atoms with Crippen LogP contribution in [0, 0.1) is 0 Å². The Morgan fingerprint density at radius 1 is 1.55 bits per heavy atom. The molecule has 1 fully saturated rings. The lowest BCUT2D eigenvalue weighted by molar-refractivity contribution is -0.128. The minimum atomic E-state index is -0.424. The Hall–Kier alpha value is -1.56. The average molecular weight is 341 g/mol. The van der Waals surface area contributed by atoms with Gasteiger partial charge in [-0.2, -0.15) is 0 Å². The summed E-state index contributed by atoms with van der Waals surface area (Å²) in [4.78, 5) is 26.0. The molecule has 6 heteroatoms. The number of hydrogen-bond donors (Lipinski definition) is 2. The van der Waals surface area contributed by atoms with Crippen molar-refractivity contribution >= 4 is 27.7 Å². The van der Waals surface area contributed by atoms with Gasteiger partial charge in [-0.3, -0.25) is 9.59 Å². The van der Waals surface area contributed by atoms with Gasteiger partial charge in [-0.05, 0) is 40.5 Å². The van der Waals surface area contributed by atoms with E-state index in [9.17, 15) is 14.7 Å². The third kappa shape index (κ3) is 2.95. The molecule has 20 heavy (non-hydrogen) atoms. The molecule has 0 saturated carbocycles. The largest absolute Gasteiger partial charge is 0.507 e. The quantitative estimate of drug-likeness (QED) is 0.882. The third-order valence-corrected chi connectivity index (χ3v) is 4.02. The number of phenolic OH excluding ortho intramolecular Hbond substituents is 1. The number of carbonyl (C=O) groups excluding carboxylic acids is 2. The molecule has 0 radical (unpaired) electrons. The molecular weight excluding hydrogens is 324 g/mol. The number of aromatic hydroxyl groups is 1. The highest BCUT2D eigenvalue weighted by Gasteiger charge is 2.32. The molecule has 2 rings (SSSR count). The SMILES string of the molecule is CCCC1C(=O)NCCN1C(=O)c1ccc(Br)c(O)c1. The van der Waals surface area contributed by atoms with Crippen molar-refractivity contribution in [1.29, 1.82) is 0 Å². The van der Waals surface area contributed by atoms with Gasteiger partial charge in [0.05, 0.1) is 4.47 Å². The van der Waals surface area contributed by atoms with Crippen molar-refractivity contribution in [2.45, 2.75) is 25.8 Å². The Balaban J connectivity index is 2.25. The Kier molecular flexibility index (Phi) is 4.65. The van der Waals surface area contributed by atoms with Gasteiger partial charge in [-0.15, -0.1) is 0 Å². The highest BCUT2D eigenvalue weighted by Crippen LogP contribution is 2.25. The molecule has 1 atom stereocenters. The van der Waals surface area contributed by atoms with Gasteiger partial charge in [-0.25, -0.2) is 0 Å². The summed E-state index contributed by atoms with van der Waals surface area (Å²) < 4.78 is 0.538. The van der Waals surface area contributed by atoms with E-state index < -0.39 is 6.04 Å². The fraction of sp³-hybridized carbons (Fsp3) is 0.429. The number of hydrogen-bond acceptors (Lipinski definition) is 3. The lowest BCUT2D eigenvalue weighted by Crippen LogP contribution is -2.57. The molecule has 1 aromatic rings. The Morgan fingerprint density at radius 3 is 2.95 bits per heavy atom. The smallest absolute Gasteiger partial charge is 0.254 e. The molecule has 0 aromatic heterocycles. The van der Waals surface area contributed by atoms with Crippen LogP contribution in [0.5, 0.6) is 5.75 Å². The number of nitrogens with zero attached hydrogens (tertiary/aromatic N) is 1. The van der Waals surface area contributed by atoms with Gasteiger partial charge in [0.25, 0.3) is 5.91 Å². The molecule has 1 aliphatic heterocycles. The summed E-state index contributed by atoms with van der Waals surface area (Å²) in [5.74, 6) is -0.307. The molecule has 2 amide bonds. The van der Waals surface area contributed by atoms with Gasteiger partial charge in [0.1, 0.15) is 11.8 Å². The highest BCUT2D eigenvalue weighted by atomic mass is 79.9. The van der Waals surface area contributed by atoms with E-state index in [2.05, 4.69) is 21.2 Å². The second kappa shape index (κ2) is 6.26. The zero-order valence-electron chi connectivity index (χ0n) is 11.2. The van der Waals surface area contributed by atoms with Gasteiger partial charge >= 0.3 is 0 Å². The second-order valence-electron chi connectivity index (χ2n) is 4.76. The minimum absolute atomic E-state index is 0.0179. The zero-order valence-corrected chi connectivity index (χ0v) is 12.8. The topological polar surface area (TPSA) is 69.6 Å². The highest BCUT2D eigenvalue weighted by molar-refractivity contribution is 9.10. The first-order chi connectivity index (χ1) is 9.54. The fourth-order valence-corrected chi connectivity index (χ4v) is 2.58. The molecule has 1 unspecified atom stereocenters. The van der Waals surface area contributed by atoms with Gasteiger partial charge in [0.2, 0.25) is 5.91 Å². The molecule has 5 nitrogen and oxygen atoms in total. The van der Waals surface area contributed by atoms with Crippen molar-refractivity contribution in [2.75, 3.05) is 13.1 Å². The monoisotopic (exact) mass is 340 g/mol. The lowest BCUT2D eigenvalue weighted by atomic mass is 10.0. The Morgan fingerprint density at radius 2 is 2.30 bits per heavy atom. The Bertz CT molecular complexity index is 533. The molecule has 1 heterocycles. The van der Waals surface area contributed by atoms with E-state index in [1.54, 1.807) is 17.0 Å². The van der Waals surface area contributed by atoms with Gasteiger partial charge in [0.15, 0.2) is 0 Å². The molecule has 0 bridgehead atoms. The first-order valence-corrected chi connectivity index (χ1v) is 7.41. The van der Waals surface area contributed by atoms with E-state index >= 15 is 0 Å². The van der Waals surface area contributed by atoms with Crippen molar-refractivity contribution in [3.63, 3.8) is 0 Å². The van der Waals surface area contributed by atoms with Crippen LogP contribution >= 0.6 is 15.9 Å². The van der Waals surface area contributed by atoms with Crippen molar-refractivity contribution < 1.29 is 14.7 Å². The first kappa shape index (κ1) is 14.8. The van der Waals surface area contributed by atoms with Crippen LogP contribution in [0.2, 0.25) is 0 Å². The number of halogens is 1. The predicted octanol–water partition coefficient (Wildman–Crippen LogP) is 1.90. The van der Waals surface area contributed by atoms with Gasteiger partial charge < -0.3 is 15.3 Å². The molecular formula is C14H17BrN2O3. The van der Waals surface area contributed by atoms with E-state index in [-0.39, 0.29) is 17.6 Å². The number of piperazine rings is 1. The number of carbonyl (C=O) groups is 2. The molecule has 1 aliphatic rings. The summed E-state index contributed by atoms with van der Waals surface area (Å²) >= 11 is 3.18. The zero-order chi connectivity index (χ0) is 14.7. The van der Waals surface area contributed by atoms with Crippen LogP contribution in [-0.4, -0.2) is 41.0 Å². The lowest BCUT2D eigenvalue weighted by Gasteiger charge is -2.35. The summed E-state index contributed by atoms with van der Waals surface area (Å²) in [7, 11) is 0. The standard InChI is InChI=1S/C14H17BrN2O3/c1-2-3-11-13(19)16-6-7-17(11)14(20)9-4-5-10(15)12(18)8-9/h4-5,8,11,18H,2-3,6-7H2,1H3,(H,16,19). The number of nitrogens with one attached hydrogen (secondary N) is 1. The summed E-state index contributed by atoms with van der Waals surface area (Å²) in [6, 6.07) is 4.26. The normalized spacial score (nSPS) is 18.8. The molecule has 1 aromatic carbocycles. The molecule has 0 aliphatic carbocycles. The number of phenols is 1. The first-order valence-electron chi connectivity index (χ1n) is 6.61. The van der Waals surface area contributed by atoms with E-state index in [1.165, 1.54) is 6.07 Å². The predicted molar refractivity (Wildman–Crippen MR) is 78.5 cm³/mol. The molecule has 1 saturated heterocycles. The third-order valence-electron chi connectivity index (χ3n) is 3.35. The molecule has 0 spiro atoms. The number of rotatable bonds is 3. The van der Waals surface area contributed by atoms with Crippen LogP contribution in [0.1, 0.15) is 30.1 Å². The summed E-state index contributed by atoms with van der Waals surface area (Å²) in [5, 5.41) is 12.5. The summed E-state index contributed by atoms with van der Waals surface area (Å²) in [6.07, 6.45) is 1.47. The van der Waals surface area contributed by atoms with Crippen LogP contribution in [0.4, 0.5) is 0 Å². The van der Waals surface area contributed by atoms with Crippen molar-refractivity contribution in [3.8, 4) is 5.75 Å². The summed E-state index contributed by atoms with van der Waals surface area (Å²) in [5.41, 5.74) is 0.390. The van der Waals surface area contributed by atoms with E-state index in [0.717, 1.165) is 6.42 Å². The van der Waals surface area contributed by atoms with Crippen LogP contribution in [0.25, 0.3) is 0 Å². The maximum atomic E-state index is 12.5.